The summed E-state index contributed by atoms with van der Waals surface area (Å²) in [7, 11) is 0. The molecule has 10 heavy (non-hydrogen) atoms. The zero-order valence-electron chi connectivity index (χ0n) is 6.39. The quantitative estimate of drug-likeness (QED) is 0.498. The Balaban J connectivity index is 2.75. The molecule has 0 N–H and O–H groups in total. The molecule has 1 rings (SSSR count). The molecule has 1 heteroatoms. The van der Waals surface area contributed by atoms with Crippen molar-refractivity contribution in [2.45, 2.75) is 20.3 Å². The van der Waals surface area contributed by atoms with Crippen molar-refractivity contribution in [2.75, 3.05) is 0 Å². The molecule has 0 aromatic heterocycles. The predicted octanol–water partition coefficient (Wildman–Crippen LogP) is 2.42. The van der Waals surface area contributed by atoms with Crippen LogP contribution in [0.5, 0.6) is 0 Å². The Bertz CT molecular complexity index is 226. The fourth-order valence-electron chi connectivity index (χ4n) is 0.907. The molecule has 0 aromatic carbocycles. The maximum Gasteiger partial charge on any atom is 0.0988 e. The summed E-state index contributed by atoms with van der Waals surface area (Å²) in [5.41, 5.74) is 1.04. The van der Waals surface area contributed by atoms with E-state index in [1.165, 1.54) is 0 Å². The summed E-state index contributed by atoms with van der Waals surface area (Å²) in [6.07, 6.45) is 6.95. The molecule has 0 aliphatic heterocycles. The van der Waals surface area contributed by atoms with E-state index in [-0.39, 0.29) is 5.41 Å². The monoisotopic (exact) mass is 133 g/mol. The Morgan fingerprint density at radius 1 is 1.60 bits per heavy atom. The van der Waals surface area contributed by atoms with Gasteiger partial charge in [-0.05, 0) is 17.9 Å². The minimum Gasteiger partial charge on any atom is -0.192 e. The molecule has 1 aliphatic carbocycles. The summed E-state index contributed by atoms with van der Waals surface area (Å²) in [5.74, 6) is 0. The van der Waals surface area contributed by atoms with E-state index in [0.717, 1.165) is 12.0 Å². The first-order chi connectivity index (χ1) is 4.64. The highest BCUT2D eigenvalue weighted by Crippen LogP contribution is 2.27. The van der Waals surface area contributed by atoms with Gasteiger partial charge in [-0.1, -0.05) is 26.0 Å². The predicted molar refractivity (Wildman–Crippen MR) is 41.2 cm³/mol. The second-order valence-corrected chi connectivity index (χ2v) is 3.30. The Labute approximate surface area is 61.7 Å². The SMILES string of the molecule is CC1(C)C=CC(C#N)=CC1. The molecule has 0 heterocycles. The van der Waals surface area contributed by atoms with Crippen LogP contribution in [-0.4, -0.2) is 0 Å². The summed E-state index contributed by atoms with van der Waals surface area (Å²) < 4.78 is 0. The van der Waals surface area contributed by atoms with Crippen LogP contribution < -0.4 is 0 Å². The Kier molecular flexibility index (Phi) is 1.63. The van der Waals surface area contributed by atoms with Gasteiger partial charge in [-0.15, -0.1) is 0 Å². The first-order valence-electron chi connectivity index (χ1n) is 3.43. The van der Waals surface area contributed by atoms with Crippen molar-refractivity contribution in [3.8, 4) is 6.07 Å². The summed E-state index contributed by atoms with van der Waals surface area (Å²) in [6.45, 7) is 4.32. The van der Waals surface area contributed by atoms with E-state index in [9.17, 15) is 0 Å². The molecule has 0 radical (unpaired) electrons. The lowest BCUT2D eigenvalue weighted by molar-refractivity contribution is 0.483. The maximum absolute atomic E-state index is 8.49. The first-order valence-corrected chi connectivity index (χ1v) is 3.43. The molecule has 0 amide bonds. The van der Waals surface area contributed by atoms with Gasteiger partial charge in [0.2, 0.25) is 0 Å². The van der Waals surface area contributed by atoms with Crippen LogP contribution in [0.1, 0.15) is 20.3 Å². The van der Waals surface area contributed by atoms with Crippen molar-refractivity contribution in [3.05, 3.63) is 23.8 Å². The second-order valence-electron chi connectivity index (χ2n) is 3.30. The van der Waals surface area contributed by atoms with Crippen molar-refractivity contribution in [2.24, 2.45) is 5.41 Å². The minimum atomic E-state index is 0.250. The third kappa shape index (κ3) is 1.48. The molecule has 0 aromatic rings. The van der Waals surface area contributed by atoms with E-state index in [2.05, 4.69) is 26.0 Å². The second kappa shape index (κ2) is 2.30. The highest BCUT2D eigenvalue weighted by molar-refractivity contribution is 5.36. The van der Waals surface area contributed by atoms with Crippen LogP contribution in [0.15, 0.2) is 23.8 Å². The molecule has 1 nitrogen and oxygen atoms in total. The van der Waals surface area contributed by atoms with Gasteiger partial charge in [-0.3, -0.25) is 0 Å². The topological polar surface area (TPSA) is 23.8 Å². The largest absolute Gasteiger partial charge is 0.192 e. The average Bonchev–Trinajstić information content (AvgIpc) is 1.88. The fourth-order valence-corrected chi connectivity index (χ4v) is 0.907. The minimum absolute atomic E-state index is 0.250. The molecule has 1 aliphatic rings. The number of hydrogen-bond donors (Lipinski definition) is 0. The van der Waals surface area contributed by atoms with Gasteiger partial charge in [0, 0.05) is 5.57 Å². The van der Waals surface area contributed by atoms with E-state index >= 15 is 0 Å². The van der Waals surface area contributed by atoms with Gasteiger partial charge in [-0.25, -0.2) is 0 Å². The van der Waals surface area contributed by atoms with Crippen molar-refractivity contribution in [3.63, 3.8) is 0 Å². The molecule has 0 spiro atoms. The van der Waals surface area contributed by atoms with Crippen molar-refractivity contribution in [1.82, 2.24) is 0 Å². The number of nitrogens with zero attached hydrogens (tertiary/aromatic N) is 1. The van der Waals surface area contributed by atoms with E-state index in [4.69, 9.17) is 5.26 Å². The molecule has 0 saturated heterocycles. The average molecular weight is 133 g/mol. The number of rotatable bonds is 0. The first kappa shape index (κ1) is 7.08. The summed E-state index contributed by atoms with van der Waals surface area (Å²) in [5, 5.41) is 8.49. The van der Waals surface area contributed by atoms with E-state index in [1.807, 2.05) is 12.2 Å². The summed E-state index contributed by atoms with van der Waals surface area (Å²) in [4.78, 5) is 0. The van der Waals surface area contributed by atoms with Crippen LogP contribution in [0.3, 0.4) is 0 Å². The van der Waals surface area contributed by atoms with Crippen LogP contribution >= 0.6 is 0 Å². The smallest absolute Gasteiger partial charge is 0.0988 e. The van der Waals surface area contributed by atoms with Crippen LogP contribution in [-0.2, 0) is 0 Å². The normalized spacial score (nSPS) is 21.5. The van der Waals surface area contributed by atoms with Crippen molar-refractivity contribution < 1.29 is 0 Å². The van der Waals surface area contributed by atoms with Crippen LogP contribution in [0.25, 0.3) is 0 Å². The molecule has 52 valence electrons. The van der Waals surface area contributed by atoms with Crippen LogP contribution in [0.4, 0.5) is 0 Å². The van der Waals surface area contributed by atoms with Crippen LogP contribution in [0.2, 0.25) is 0 Å². The fraction of sp³-hybridized carbons (Fsp3) is 0.444. The molecule has 0 atom stereocenters. The number of allylic oxidation sites excluding steroid dienone is 4. The lowest BCUT2D eigenvalue weighted by Gasteiger charge is -2.20. The third-order valence-electron chi connectivity index (χ3n) is 1.69. The molecule has 0 bridgehead atoms. The third-order valence-corrected chi connectivity index (χ3v) is 1.69. The molecular weight excluding hydrogens is 122 g/mol. The lowest BCUT2D eigenvalue weighted by Crippen LogP contribution is -2.08. The van der Waals surface area contributed by atoms with Crippen molar-refractivity contribution >= 4 is 0 Å². The zero-order valence-corrected chi connectivity index (χ0v) is 6.39. The number of nitriles is 1. The van der Waals surface area contributed by atoms with Gasteiger partial charge in [0.15, 0.2) is 0 Å². The van der Waals surface area contributed by atoms with Gasteiger partial charge in [0.25, 0.3) is 0 Å². The van der Waals surface area contributed by atoms with E-state index in [0.29, 0.717) is 0 Å². The Morgan fingerprint density at radius 3 is 2.70 bits per heavy atom. The molecule has 0 saturated carbocycles. The highest BCUT2D eigenvalue weighted by Gasteiger charge is 2.15. The zero-order chi connectivity index (χ0) is 7.61. The van der Waals surface area contributed by atoms with E-state index < -0.39 is 0 Å². The van der Waals surface area contributed by atoms with Crippen LogP contribution in [0, 0.1) is 16.7 Å². The molecular formula is C9H11N. The maximum atomic E-state index is 8.49. The lowest BCUT2D eigenvalue weighted by atomic mass is 9.84. The highest BCUT2D eigenvalue weighted by atomic mass is 14.3. The summed E-state index contributed by atoms with van der Waals surface area (Å²) in [6, 6.07) is 2.12. The van der Waals surface area contributed by atoms with Crippen molar-refractivity contribution in [1.29, 1.82) is 5.26 Å². The van der Waals surface area contributed by atoms with Gasteiger partial charge in [0.05, 0.1) is 6.07 Å². The summed E-state index contributed by atoms with van der Waals surface area (Å²) >= 11 is 0. The number of hydrogen-bond acceptors (Lipinski definition) is 1. The molecule has 0 unspecified atom stereocenters. The van der Waals surface area contributed by atoms with Gasteiger partial charge in [-0.2, -0.15) is 5.26 Å². The van der Waals surface area contributed by atoms with E-state index in [1.54, 1.807) is 0 Å². The molecule has 0 fully saturated rings. The Morgan fingerprint density at radius 2 is 2.30 bits per heavy atom. The standard InChI is InChI=1S/C9H11N/c1-9(2)5-3-8(7-10)4-6-9/h3-5H,6H2,1-2H3. The van der Waals surface area contributed by atoms with Gasteiger partial charge in [0.1, 0.15) is 0 Å². The van der Waals surface area contributed by atoms with Gasteiger partial charge < -0.3 is 0 Å². The van der Waals surface area contributed by atoms with Gasteiger partial charge >= 0.3 is 0 Å². The Hall–Kier alpha value is -1.03.